The van der Waals surface area contributed by atoms with Crippen molar-refractivity contribution in [2.24, 2.45) is 5.92 Å². The van der Waals surface area contributed by atoms with Crippen molar-refractivity contribution in [1.82, 2.24) is 15.0 Å². The van der Waals surface area contributed by atoms with Crippen LogP contribution >= 0.6 is 0 Å². The van der Waals surface area contributed by atoms with Crippen LogP contribution in [0, 0.1) is 12.8 Å². The molecular weight excluding hydrogens is 338 g/mol. The average molecular weight is 363 g/mol. The smallest absolute Gasteiger partial charge is 0.226 e. The van der Waals surface area contributed by atoms with Gasteiger partial charge in [0.05, 0.1) is 11.6 Å². The molecule has 0 radical (unpaired) electrons. The number of pyridine rings is 1. The molecule has 1 N–H and O–H groups in total. The Morgan fingerprint density at radius 2 is 1.89 bits per heavy atom. The zero-order valence-electron chi connectivity index (χ0n) is 16.0. The summed E-state index contributed by atoms with van der Waals surface area (Å²) in [6.45, 7) is 3.32. The van der Waals surface area contributed by atoms with Gasteiger partial charge in [0.2, 0.25) is 5.95 Å². The minimum atomic E-state index is -0.392. The molecule has 3 aromatic rings. The topological polar surface area (TPSA) is 65.4 Å². The third kappa shape index (κ3) is 3.71. The molecule has 140 valence electrons. The molecule has 2 atom stereocenters. The SMILES string of the molecule is Cc1cc(N2C[C@@H](Cc3ccc4ccccc4n3)[C@H](O)C2)nc(N(C)C)n1. The standard InChI is InChI=1S/C21H25N5O/c1-14-10-20(24-21(22-14)25(2)3)26-12-16(19(27)13-26)11-17-9-8-15-6-4-5-7-18(15)23-17/h4-10,16,19,27H,11-13H2,1-3H3/t16-,19-/m1/s1. The van der Waals surface area contributed by atoms with Gasteiger partial charge in [-0.05, 0) is 25.5 Å². The maximum absolute atomic E-state index is 10.6. The summed E-state index contributed by atoms with van der Waals surface area (Å²) in [6.07, 6.45) is 0.365. The van der Waals surface area contributed by atoms with Crippen molar-refractivity contribution in [3.8, 4) is 0 Å². The highest BCUT2D eigenvalue weighted by Gasteiger charge is 2.32. The van der Waals surface area contributed by atoms with Crippen LogP contribution in [0.1, 0.15) is 11.4 Å². The molecule has 2 aromatic heterocycles. The first-order valence-corrected chi connectivity index (χ1v) is 9.30. The molecule has 0 bridgehead atoms. The summed E-state index contributed by atoms with van der Waals surface area (Å²) in [5.41, 5.74) is 2.95. The molecule has 1 saturated heterocycles. The predicted molar refractivity (Wildman–Crippen MR) is 108 cm³/mol. The highest BCUT2D eigenvalue weighted by molar-refractivity contribution is 5.78. The first kappa shape index (κ1) is 17.7. The van der Waals surface area contributed by atoms with E-state index in [0.717, 1.165) is 41.1 Å². The Labute approximate surface area is 159 Å². The maximum atomic E-state index is 10.6. The van der Waals surface area contributed by atoms with Gasteiger partial charge in [0, 0.05) is 55.9 Å². The zero-order chi connectivity index (χ0) is 19.0. The van der Waals surface area contributed by atoms with Crippen LogP contribution in [0.25, 0.3) is 10.9 Å². The van der Waals surface area contributed by atoms with E-state index in [1.165, 1.54) is 0 Å². The Hall–Kier alpha value is -2.73. The summed E-state index contributed by atoms with van der Waals surface area (Å²) < 4.78 is 0. The molecule has 0 unspecified atom stereocenters. The van der Waals surface area contributed by atoms with Gasteiger partial charge in [-0.2, -0.15) is 4.98 Å². The van der Waals surface area contributed by atoms with E-state index in [4.69, 9.17) is 4.98 Å². The van der Waals surface area contributed by atoms with E-state index in [-0.39, 0.29) is 5.92 Å². The van der Waals surface area contributed by atoms with Crippen molar-refractivity contribution in [3.63, 3.8) is 0 Å². The predicted octanol–water partition coefficient (Wildman–Crippen LogP) is 2.44. The number of hydrogen-bond acceptors (Lipinski definition) is 6. The number of fused-ring (bicyclic) bond motifs is 1. The van der Waals surface area contributed by atoms with Crippen LogP contribution in [-0.2, 0) is 6.42 Å². The molecule has 0 aliphatic carbocycles. The van der Waals surface area contributed by atoms with Crippen LogP contribution in [0.4, 0.5) is 11.8 Å². The molecule has 1 fully saturated rings. The highest BCUT2D eigenvalue weighted by atomic mass is 16.3. The Morgan fingerprint density at radius 1 is 1.07 bits per heavy atom. The van der Waals surface area contributed by atoms with Crippen LogP contribution in [-0.4, -0.2) is 53.3 Å². The summed E-state index contributed by atoms with van der Waals surface area (Å²) in [4.78, 5) is 17.9. The monoisotopic (exact) mass is 363 g/mol. The second-order valence-corrected chi connectivity index (χ2v) is 7.49. The molecule has 0 spiro atoms. The molecule has 4 rings (SSSR count). The lowest BCUT2D eigenvalue weighted by atomic mass is 9.99. The number of aryl methyl sites for hydroxylation is 1. The number of β-amino-alcohol motifs (C(OH)–C–C–N with tert-alkyl or cyclic N) is 1. The minimum Gasteiger partial charge on any atom is -0.391 e. The van der Waals surface area contributed by atoms with E-state index in [0.29, 0.717) is 12.5 Å². The van der Waals surface area contributed by atoms with Crippen molar-refractivity contribution in [1.29, 1.82) is 0 Å². The third-order valence-corrected chi connectivity index (χ3v) is 5.09. The van der Waals surface area contributed by atoms with Gasteiger partial charge < -0.3 is 14.9 Å². The Balaban J connectivity index is 1.52. The molecule has 6 nitrogen and oxygen atoms in total. The second-order valence-electron chi connectivity index (χ2n) is 7.49. The molecule has 1 aliphatic rings. The molecule has 27 heavy (non-hydrogen) atoms. The fourth-order valence-corrected chi connectivity index (χ4v) is 3.63. The first-order valence-electron chi connectivity index (χ1n) is 9.30. The lowest BCUT2D eigenvalue weighted by Gasteiger charge is -2.20. The van der Waals surface area contributed by atoms with Gasteiger partial charge >= 0.3 is 0 Å². The van der Waals surface area contributed by atoms with Crippen molar-refractivity contribution >= 4 is 22.7 Å². The van der Waals surface area contributed by atoms with Crippen molar-refractivity contribution in [2.75, 3.05) is 37.0 Å². The van der Waals surface area contributed by atoms with E-state index < -0.39 is 6.10 Å². The molecule has 6 heteroatoms. The van der Waals surface area contributed by atoms with E-state index in [1.54, 1.807) is 0 Å². The number of aliphatic hydroxyl groups excluding tert-OH is 1. The van der Waals surface area contributed by atoms with E-state index in [2.05, 4.69) is 33.1 Å². The van der Waals surface area contributed by atoms with E-state index in [9.17, 15) is 5.11 Å². The number of hydrogen-bond donors (Lipinski definition) is 1. The van der Waals surface area contributed by atoms with E-state index >= 15 is 0 Å². The van der Waals surface area contributed by atoms with Gasteiger partial charge in [0.15, 0.2) is 0 Å². The molecular formula is C21H25N5O. The highest BCUT2D eigenvalue weighted by Crippen LogP contribution is 2.27. The molecule has 0 saturated carbocycles. The number of nitrogens with zero attached hydrogens (tertiary/aromatic N) is 5. The quantitative estimate of drug-likeness (QED) is 0.768. The van der Waals surface area contributed by atoms with Gasteiger partial charge in [-0.25, -0.2) is 4.98 Å². The summed E-state index contributed by atoms with van der Waals surface area (Å²) in [7, 11) is 3.87. The number of rotatable bonds is 4. The molecule has 0 amide bonds. The van der Waals surface area contributed by atoms with Gasteiger partial charge in [-0.15, -0.1) is 0 Å². The summed E-state index contributed by atoms with van der Waals surface area (Å²) >= 11 is 0. The summed E-state index contributed by atoms with van der Waals surface area (Å²) in [5.74, 6) is 1.70. The van der Waals surface area contributed by atoms with Crippen molar-refractivity contribution in [3.05, 3.63) is 53.9 Å². The third-order valence-electron chi connectivity index (χ3n) is 5.09. The van der Waals surface area contributed by atoms with Gasteiger partial charge in [-0.1, -0.05) is 24.3 Å². The minimum absolute atomic E-state index is 0.136. The second kappa shape index (κ2) is 7.12. The molecule has 1 aliphatic heterocycles. The Kier molecular flexibility index (Phi) is 4.66. The number of anilines is 2. The van der Waals surface area contributed by atoms with Crippen molar-refractivity contribution in [2.45, 2.75) is 19.4 Å². The van der Waals surface area contributed by atoms with Crippen LogP contribution in [0.3, 0.4) is 0 Å². The van der Waals surface area contributed by atoms with Crippen molar-refractivity contribution < 1.29 is 5.11 Å². The fourth-order valence-electron chi connectivity index (χ4n) is 3.63. The number of benzene rings is 1. The average Bonchev–Trinajstić information content (AvgIpc) is 3.01. The van der Waals surface area contributed by atoms with Crippen LogP contribution in [0.2, 0.25) is 0 Å². The lowest BCUT2D eigenvalue weighted by Crippen LogP contribution is -2.24. The molecule has 3 heterocycles. The van der Waals surface area contributed by atoms with Gasteiger partial charge in [0.1, 0.15) is 5.82 Å². The lowest BCUT2D eigenvalue weighted by molar-refractivity contribution is 0.148. The fraction of sp³-hybridized carbons (Fsp3) is 0.381. The summed E-state index contributed by atoms with van der Waals surface area (Å²) in [6, 6.07) is 14.3. The van der Waals surface area contributed by atoms with Crippen LogP contribution in [0.5, 0.6) is 0 Å². The molecule has 1 aromatic carbocycles. The Bertz CT molecular complexity index is 958. The van der Waals surface area contributed by atoms with Gasteiger partial charge in [0.25, 0.3) is 0 Å². The largest absolute Gasteiger partial charge is 0.391 e. The normalized spacial score (nSPS) is 19.6. The number of aliphatic hydroxyl groups is 1. The van der Waals surface area contributed by atoms with Crippen LogP contribution < -0.4 is 9.80 Å². The van der Waals surface area contributed by atoms with Gasteiger partial charge in [-0.3, -0.25) is 4.98 Å². The maximum Gasteiger partial charge on any atom is 0.226 e. The van der Waals surface area contributed by atoms with Crippen LogP contribution in [0.15, 0.2) is 42.5 Å². The number of para-hydroxylation sites is 1. The number of aromatic nitrogens is 3. The zero-order valence-corrected chi connectivity index (χ0v) is 16.0. The van der Waals surface area contributed by atoms with E-state index in [1.807, 2.05) is 50.2 Å². The first-order chi connectivity index (χ1) is 13.0. The Morgan fingerprint density at radius 3 is 2.70 bits per heavy atom. The summed E-state index contributed by atoms with van der Waals surface area (Å²) in [5, 5.41) is 11.8.